The van der Waals surface area contributed by atoms with Gasteiger partial charge in [0.15, 0.2) is 5.82 Å². The maximum atomic E-state index is 16.3. The summed E-state index contributed by atoms with van der Waals surface area (Å²) in [6, 6.07) is 5.30. The Morgan fingerprint density at radius 2 is 1.89 bits per heavy atom. The fourth-order valence-electron chi connectivity index (χ4n) is 4.46. The highest BCUT2D eigenvalue weighted by Crippen LogP contribution is 2.41. The predicted molar refractivity (Wildman–Crippen MR) is 131 cm³/mol. The summed E-state index contributed by atoms with van der Waals surface area (Å²) >= 11 is 0. The summed E-state index contributed by atoms with van der Waals surface area (Å²) in [5.74, 6) is 1.14. The van der Waals surface area contributed by atoms with E-state index in [1.807, 2.05) is 4.90 Å². The van der Waals surface area contributed by atoms with E-state index >= 15 is 4.39 Å². The minimum Gasteiger partial charge on any atom is -0.508 e. The molecule has 1 fully saturated rings. The summed E-state index contributed by atoms with van der Waals surface area (Å²) in [6.07, 6.45) is 6.35. The molecule has 0 aliphatic carbocycles. The molecular weight excluding hydrogens is 470 g/mol. The molecule has 0 saturated carbocycles. The van der Waals surface area contributed by atoms with Crippen LogP contribution in [0.2, 0.25) is 0 Å². The zero-order valence-electron chi connectivity index (χ0n) is 19.6. The molecule has 8 nitrogen and oxygen atoms in total. The van der Waals surface area contributed by atoms with E-state index in [1.165, 1.54) is 38.5 Å². The molecule has 0 spiro atoms. The van der Waals surface area contributed by atoms with Gasteiger partial charge in [-0.3, -0.25) is 0 Å². The quantitative estimate of drug-likeness (QED) is 0.427. The Kier molecular flexibility index (Phi) is 6.16. The molecule has 0 bridgehead atoms. The Labute approximate surface area is 205 Å². The van der Waals surface area contributed by atoms with Crippen molar-refractivity contribution in [3.8, 4) is 41.2 Å². The number of halogens is 2. The summed E-state index contributed by atoms with van der Waals surface area (Å²) in [5, 5.41) is 11.3. The molecule has 0 amide bonds. The normalized spacial score (nSPS) is 14.0. The van der Waals surface area contributed by atoms with E-state index in [-0.39, 0.29) is 50.7 Å². The Morgan fingerprint density at radius 3 is 2.64 bits per heavy atom. The first-order chi connectivity index (χ1) is 17.5. The largest absolute Gasteiger partial charge is 0.508 e. The van der Waals surface area contributed by atoms with Crippen molar-refractivity contribution >= 4 is 27.5 Å². The van der Waals surface area contributed by atoms with Crippen molar-refractivity contribution in [2.75, 3.05) is 45.4 Å². The van der Waals surface area contributed by atoms with Gasteiger partial charge in [-0.1, -0.05) is 12.0 Å². The number of terminal acetylenes is 1. The number of methoxy groups -OCH3 is 2. The van der Waals surface area contributed by atoms with Crippen molar-refractivity contribution < 1.29 is 28.1 Å². The van der Waals surface area contributed by atoms with Crippen LogP contribution in [0.1, 0.15) is 12.0 Å². The van der Waals surface area contributed by atoms with Crippen LogP contribution < -0.4 is 14.4 Å². The molecule has 4 aromatic rings. The molecule has 0 atom stereocenters. The number of aromatic nitrogens is 3. The van der Waals surface area contributed by atoms with Gasteiger partial charge >= 0.3 is 6.01 Å². The van der Waals surface area contributed by atoms with Gasteiger partial charge in [-0.2, -0.15) is 9.97 Å². The topological polar surface area (TPSA) is 89.8 Å². The molecule has 184 valence electrons. The van der Waals surface area contributed by atoms with Crippen molar-refractivity contribution in [1.29, 1.82) is 0 Å². The molecule has 0 radical (unpaired) electrons. The second-order valence-electron chi connectivity index (χ2n) is 8.15. The van der Waals surface area contributed by atoms with Crippen molar-refractivity contribution in [3.63, 3.8) is 0 Å². The molecule has 36 heavy (non-hydrogen) atoms. The second-order valence-corrected chi connectivity index (χ2v) is 8.15. The second kappa shape index (κ2) is 9.43. The number of ether oxygens (including phenoxy) is 3. The third-order valence-electron chi connectivity index (χ3n) is 6.06. The highest BCUT2D eigenvalue weighted by atomic mass is 19.1. The van der Waals surface area contributed by atoms with Crippen LogP contribution in [-0.4, -0.2) is 60.6 Å². The first-order valence-corrected chi connectivity index (χ1v) is 11.2. The van der Waals surface area contributed by atoms with Gasteiger partial charge in [-0.25, -0.2) is 13.8 Å². The standard InChI is InChI=1S/C26H22F2N4O4/c1-4-16-18(27)7-6-14-12-15(33)13-17(19(14)16)22-21(28)23-20(25(29-22)34-2)24(31-26(30-23)35-3)32-8-5-10-36-11-9-32/h1,6-7,12-13,33H,5,8-11H2,2-3H3. The number of hydrogen-bond acceptors (Lipinski definition) is 8. The van der Waals surface area contributed by atoms with E-state index in [2.05, 4.69) is 20.9 Å². The third-order valence-corrected chi connectivity index (χ3v) is 6.06. The number of rotatable bonds is 4. The Balaban J connectivity index is 1.87. The Hall–Kier alpha value is -4.23. The molecule has 1 saturated heterocycles. The van der Waals surface area contributed by atoms with Gasteiger partial charge in [0.25, 0.3) is 0 Å². The Morgan fingerprint density at radius 1 is 1.06 bits per heavy atom. The average molecular weight is 492 g/mol. The van der Waals surface area contributed by atoms with E-state index in [0.717, 1.165) is 6.42 Å². The molecule has 2 aromatic heterocycles. The van der Waals surface area contributed by atoms with Crippen LogP contribution in [0.4, 0.5) is 14.6 Å². The van der Waals surface area contributed by atoms with E-state index in [1.54, 1.807) is 0 Å². The van der Waals surface area contributed by atoms with E-state index in [4.69, 9.17) is 20.6 Å². The number of phenols is 1. The number of pyridine rings is 1. The van der Waals surface area contributed by atoms with Crippen LogP contribution in [0, 0.1) is 24.0 Å². The van der Waals surface area contributed by atoms with Gasteiger partial charge in [-0.05, 0) is 30.0 Å². The molecule has 0 unspecified atom stereocenters. The summed E-state index contributed by atoms with van der Waals surface area (Å²) in [6.45, 7) is 2.20. The van der Waals surface area contributed by atoms with Crippen molar-refractivity contribution in [2.45, 2.75) is 6.42 Å². The van der Waals surface area contributed by atoms with Crippen LogP contribution in [-0.2, 0) is 4.74 Å². The lowest BCUT2D eigenvalue weighted by molar-refractivity contribution is 0.152. The first-order valence-electron chi connectivity index (χ1n) is 11.2. The molecule has 2 aromatic carbocycles. The number of anilines is 1. The molecule has 3 heterocycles. The van der Waals surface area contributed by atoms with E-state index < -0.39 is 11.6 Å². The van der Waals surface area contributed by atoms with Crippen molar-refractivity contribution in [2.24, 2.45) is 0 Å². The lowest BCUT2D eigenvalue weighted by Crippen LogP contribution is -2.27. The summed E-state index contributed by atoms with van der Waals surface area (Å²) in [4.78, 5) is 15.1. The smallest absolute Gasteiger partial charge is 0.318 e. The summed E-state index contributed by atoms with van der Waals surface area (Å²) < 4.78 is 47.3. The lowest BCUT2D eigenvalue weighted by atomic mass is 9.95. The molecule has 10 heteroatoms. The minimum absolute atomic E-state index is 0.0445. The predicted octanol–water partition coefficient (Wildman–Crippen LogP) is 4.05. The molecule has 1 aliphatic rings. The van der Waals surface area contributed by atoms with E-state index in [9.17, 15) is 9.50 Å². The van der Waals surface area contributed by atoms with Crippen molar-refractivity contribution in [3.05, 3.63) is 41.5 Å². The zero-order valence-corrected chi connectivity index (χ0v) is 19.6. The van der Waals surface area contributed by atoms with Crippen LogP contribution in [0.5, 0.6) is 17.6 Å². The maximum absolute atomic E-state index is 16.3. The monoisotopic (exact) mass is 492 g/mol. The minimum atomic E-state index is -0.821. The van der Waals surface area contributed by atoms with E-state index in [0.29, 0.717) is 37.5 Å². The number of nitrogens with zero attached hydrogens (tertiary/aromatic N) is 4. The number of benzene rings is 2. The zero-order chi connectivity index (χ0) is 25.4. The first kappa shape index (κ1) is 23.5. The fraction of sp³-hybridized carbons (Fsp3) is 0.269. The van der Waals surface area contributed by atoms with Crippen LogP contribution in [0.15, 0.2) is 24.3 Å². The average Bonchev–Trinajstić information content (AvgIpc) is 3.18. The van der Waals surface area contributed by atoms with Crippen LogP contribution in [0.25, 0.3) is 32.9 Å². The highest BCUT2D eigenvalue weighted by molar-refractivity contribution is 6.04. The lowest BCUT2D eigenvalue weighted by Gasteiger charge is -2.23. The van der Waals surface area contributed by atoms with Crippen LogP contribution in [0.3, 0.4) is 0 Å². The number of aromatic hydroxyl groups is 1. The molecule has 1 N–H and O–H groups in total. The van der Waals surface area contributed by atoms with Gasteiger partial charge in [-0.15, -0.1) is 6.42 Å². The molecule has 5 rings (SSSR count). The summed E-state index contributed by atoms with van der Waals surface area (Å²) in [7, 11) is 2.79. The Bertz CT molecular complexity index is 1530. The van der Waals surface area contributed by atoms with Gasteiger partial charge in [0, 0.05) is 30.6 Å². The van der Waals surface area contributed by atoms with Gasteiger partial charge < -0.3 is 24.2 Å². The third kappa shape index (κ3) is 3.87. The van der Waals surface area contributed by atoms with Gasteiger partial charge in [0.2, 0.25) is 5.88 Å². The summed E-state index contributed by atoms with van der Waals surface area (Å²) in [5.41, 5.74) is -0.294. The number of hydrogen-bond donors (Lipinski definition) is 1. The van der Waals surface area contributed by atoms with Crippen molar-refractivity contribution in [1.82, 2.24) is 15.0 Å². The number of phenolic OH excluding ortho intramolecular Hbond substituents is 1. The molecule has 1 aliphatic heterocycles. The highest BCUT2D eigenvalue weighted by Gasteiger charge is 2.27. The SMILES string of the molecule is C#Cc1c(F)ccc2cc(O)cc(-c3nc(OC)c4c(N5CCCOCC5)nc(OC)nc4c3F)c12. The van der Waals surface area contributed by atoms with Gasteiger partial charge in [0.05, 0.1) is 26.4 Å². The van der Waals surface area contributed by atoms with Crippen LogP contribution >= 0.6 is 0 Å². The molecular formula is C26H22F2N4O4. The number of fused-ring (bicyclic) bond motifs is 2. The van der Waals surface area contributed by atoms with Gasteiger partial charge in [0.1, 0.15) is 34.0 Å². The maximum Gasteiger partial charge on any atom is 0.318 e. The fourth-order valence-corrected chi connectivity index (χ4v) is 4.46.